The molecule has 0 amide bonds. The van der Waals surface area contributed by atoms with Gasteiger partial charge in [-0.1, -0.05) is 12.8 Å². The van der Waals surface area contributed by atoms with Gasteiger partial charge in [-0.05, 0) is 25.0 Å². The van der Waals surface area contributed by atoms with E-state index in [2.05, 4.69) is 0 Å². The number of esters is 2. The standard InChI is InChI=1S/C15H22O6/c1-10(16)18-9-14-13(19-11(2)17)7-8-15(21-14)20-12-5-3-4-6-12/h7-8,12-15H,3-6,9H2,1-2H3/t13-,14+,15+/m0/s1. The highest BCUT2D eigenvalue weighted by atomic mass is 16.7. The van der Waals surface area contributed by atoms with Crippen molar-refractivity contribution in [2.45, 2.75) is 64.1 Å². The number of carbonyl (C=O) groups is 2. The van der Waals surface area contributed by atoms with Gasteiger partial charge in [0, 0.05) is 13.8 Å². The Morgan fingerprint density at radius 1 is 1.14 bits per heavy atom. The van der Waals surface area contributed by atoms with Crippen molar-refractivity contribution in [3.8, 4) is 0 Å². The molecule has 0 saturated heterocycles. The summed E-state index contributed by atoms with van der Waals surface area (Å²) in [5, 5.41) is 0. The van der Waals surface area contributed by atoms with Gasteiger partial charge >= 0.3 is 11.9 Å². The first-order valence-corrected chi connectivity index (χ1v) is 7.34. The molecule has 0 spiro atoms. The predicted octanol–water partition coefficient (Wildman–Crippen LogP) is 1.72. The van der Waals surface area contributed by atoms with Gasteiger partial charge in [0.25, 0.3) is 0 Å². The van der Waals surface area contributed by atoms with Crippen LogP contribution < -0.4 is 0 Å². The van der Waals surface area contributed by atoms with E-state index in [1.54, 1.807) is 12.2 Å². The zero-order valence-electron chi connectivity index (χ0n) is 12.4. The van der Waals surface area contributed by atoms with E-state index in [0.29, 0.717) is 0 Å². The van der Waals surface area contributed by atoms with Gasteiger partial charge in [0.1, 0.15) is 18.8 Å². The second kappa shape index (κ2) is 7.56. The van der Waals surface area contributed by atoms with Crippen molar-refractivity contribution < 1.29 is 28.5 Å². The van der Waals surface area contributed by atoms with Crippen molar-refractivity contribution in [2.24, 2.45) is 0 Å². The zero-order chi connectivity index (χ0) is 15.2. The van der Waals surface area contributed by atoms with E-state index in [1.807, 2.05) is 0 Å². The van der Waals surface area contributed by atoms with Gasteiger partial charge in [0.15, 0.2) is 6.29 Å². The van der Waals surface area contributed by atoms with Gasteiger partial charge in [-0.2, -0.15) is 0 Å². The minimum atomic E-state index is -0.565. The molecule has 0 aromatic carbocycles. The highest BCUT2D eigenvalue weighted by Gasteiger charge is 2.32. The molecule has 0 unspecified atom stereocenters. The Morgan fingerprint density at radius 3 is 2.48 bits per heavy atom. The van der Waals surface area contributed by atoms with Gasteiger partial charge < -0.3 is 18.9 Å². The summed E-state index contributed by atoms with van der Waals surface area (Å²) in [6.45, 7) is 2.69. The smallest absolute Gasteiger partial charge is 0.303 e. The summed E-state index contributed by atoms with van der Waals surface area (Å²) in [7, 11) is 0. The first kappa shape index (κ1) is 16.0. The van der Waals surface area contributed by atoms with Crippen molar-refractivity contribution in [1.29, 1.82) is 0 Å². The lowest BCUT2D eigenvalue weighted by molar-refractivity contribution is -0.208. The van der Waals surface area contributed by atoms with E-state index < -0.39 is 30.4 Å². The van der Waals surface area contributed by atoms with Crippen LogP contribution in [0.3, 0.4) is 0 Å². The van der Waals surface area contributed by atoms with E-state index >= 15 is 0 Å². The molecule has 0 aromatic heterocycles. The lowest BCUT2D eigenvalue weighted by Gasteiger charge is -2.32. The molecule has 1 heterocycles. The summed E-state index contributed by atoms with van der Waals surface area (Å²) in [5.74, 6) is -0.806. The third-order valence-electron chi connectivity index (χ3n) is 3.51. The Labute approximate surface area is 124 Å². The van der Waals surface area contributed by atoms with Crippen molar-refractivity contribution in [2.75, 3.05) is 6.61 Å². The van der Waals surface area contributed by atoms with Crippen LogP contribution in [0, 0.1) is 0 Å². The third kappa shape index (κ3) is 5.13. The number of ether oxygens (including phenoxy) is 4. The quantitative estimate of drug-likeness (QED) is 0.568. The second-order valence-electron chi connectivity index (χ2n) is 5.35. The molecule has 2 aliphatic rings. The molecule has 0 bridgehead atoms. The van der Waals surface area contributed by atoms with Crippen LogP contribution in [0.5, 0.6) is 0 Å². The number of carbonyl (C=O) groups excluding carboxylic acids is 2. The summed E-state index contributed by atoms with van der Waals surface area (Å²) in [5.41, 5.74) is 0. The lowest BCUT2D eigenvalue weighted by atomic mass is 10.1. The molecule has 3 atom stereocenters. The number of rotatable bonds is 5. The summed E-state index contributed by atoms with van der Waals surface area (Å²) in [6.07, 6.45) is 6.52. The Morgan fingerprint density at radius 2 is 1.86 bits per heavy atom. The van der Waals surface area contributed by atoms with Crippen LogP contribution in [0.1, 0.15) is 39.5 Å². The Kier molecular flexibility index (Phi) is 5.76. The maximum absolute atomic E-state index is 11.1. The maximum atomic E-state index is 11.1. The molecule has 0 N–H and O–H groups in total. The average molecular weight is 298 g/mol. The summed E-state index contributed by atoms with van der Waals surface area (Å²) < 4.78 is 21.7. The largest absolute Gasteiger partial charge is 0.463 e. The van der Waals surface area contributed by atoms with Crippen LogP contribution in [0.15, 0.2) is 12.2 Å². The monoisotopic (exact) mass is 298 g/mol. The first-order valence-electron chi connectivity index (χ1n) is 7.34. The van der Waals surface area contributed by atoms with Crippen molar-refractivity contribution >= 4 is 11.9 Å². The molecule has 0 radical (unpaired) electrons. The molecule has 2 rings (SSSR count). The maximum Gasteiger partial charge on any atom is 0.303 e. The van der Waals surface area contributed by atoms with Crippen molar-refractivity contribution in [3.05, 3.63) is 12.2 Å². The molecule has 1 saturated carbocycles. The molecule has 118 valence electrons. The average Bonchev–Trinajstić information content (AvgIpc) is 2.91. The van der Waals surface area contributed by atoms with Gasteiger partial charge in [-0.3, -0.25) is 9.59 Å². The zero-order valence-corrected chi connectivity index (χ0v) is 12.4. The van der Waals surface area contributed by atoms with Crippen LogP contribution in [-0.2, 0) is 28.5 Å². The lowest BCUT2D eigenvalue weighted by Crippen LogP contribution is -2.42. The minimum Gasteiger partial charge on any atom is -0.463 e. The molecule has 6 heteroatoms. The fraction of sp³-hybridized carbons (Fsp3) is 0.733. The fourth-order valence-electron chi connectivity index (χ4n) is 2.55. The molecule has 6 nitrogen and oxygen atoms in total. The summed E-state index contributed by atoms with van der Waals surface area (Å²) >= 11 is 0. The van der Waals surface area contributed by atoms with E-state index in [0.717, 1.165) is 12.8 Å². The first-order chi connectivity index (χ1) is 10.0. The SMILES string of the molecule is CC(=O)OC[C@H]1O[C@@H](OC2CCCC2)C=C[C@@H]1OC(C)=O. The number of hydrogen-bond acceptors (Lipinski definition) is 6. The second-order valence-corrected chi connectivity index (χ2v) is 5.35. The van der Waals surface area contributed by atoms with Crippen LogP contribution in [0.25, 0.3) is 0 Å². The van der Waals surface area contributed by atoms with Gasteiger partial charge in [-0.15, -0.1) is 0 Å². The van der Waals surface area contributed by atoms with Gasteiger partial charge in [-0.25, -0.2) is 0 Å². The van der Waals surface area contributed by atoms with Gasteiger partial charge in [0.05, 0.1) is 6.10 Å². The molecule has 0 aromatic rings. The molecule has 1 fully saturated rings. The molecular formula is C15H22O6. The number of hydrogen-bond donors (Lipinski definition) is 0. The van der Waals surface area contributed by atoms with Crippen molar-refractivity contribution in [1.82, 2.24) is 0 Å². The van der Waals surface area contributed by atoms with Crippen LogP contribution >= 0.6 is 0 Å². The van der Waals surface area contributed by atoms with E-state index in [-0.39, 0.29) is 12.7 Å². The minimum absolute atomic E-state index is 0.0299. The Hall–Kier alpha value is -1.40. The van der Waals surface area contributed by atoms with Crippen LogP contribution in [-0.4, -0.2) is 43.1 Å². The summed E-state index contributed by atoms with van der Waals surface area (Å²) in [4.78, 5) is 22.0. The van der Waals surface area contributed by atoms with Crippen LogP contribution in [0.4, 0.5) is 0 Å². The molecule has 1 aliphatic heterocycles. The molecule has 1 aliphatic carbocycles. The van der Waals surface area contributed by atoms with Crippen molar-refractivity contribution in [3.63, 3.8) is 0 Å². The molecule has 21 heavy (non-hydrogen) atoms. The van der Waals surface area contributed by atoms with E-state index in [1.165, 1.54) is 26.7 Å². The van der Waals surface area contributed by atoms with E-state index in [9.17, 15) is 9.59 Å². The van der Waals surface area contributed by atoms with Gasteiger partial charge in [0.2, 0.25) is 0 Å². The van der Waals surface area contributed by atoms with E-state index in [4.69, 9.17) is 18.9 Å². The highest BCUT2D eigenvalue weighted by Crippen LogP contribution is 2.25. The topological polar surface area (TPSA) is 71.1 Å². The van der Waals surface area contributed by atoms with Crippen LogP contribution in [0.2, 0.25) is 0 Å². The summed E-state index contributed by atoms with van der Waals surface area (Å²) in [6, 6.07) is 0. The molecular weight excluding hydrogens is 276 g/mol. The highest BCUT2D eigenvalue weighted by molar-refractivity contribution is 5.66. The normalized spacial score (nSPS) is 29.3. The Bertz CT molecular complexity index is 399. The third-order valence-corrected chi connectivity index (χ3v) is 3.51. The Balaban J connectivity index is 1.93. The fourth-order valence-corrected chi connectivity index (χ4v) is 2.55. The predicted molar refractivity (Wildman–Crippen MR) is 73.3 cm³/mol.